The fourth-order valence-electron chi connectivity index (χ4n) is 0.805. The molecule has 0 aromatic heterocycles. The molecule has 0 aromatic rings. The monoisotopic (exact) mass is 196 g/mol. The molecule has 0 aliphatic carbocycles. The first-order valence-electron chi connectivity index (χ1n) is 3.96. The molecule has 0 saturated heterocycles. The smallest absolute Gasteiger partial charge is 0.103 e. The molecule has 0 rings (SSSR count). The summed E-state index contributed by atoms with van der Waals surface area (Å²) in [6, 6.07) is 0. The summed E-state index contributed by atoms with van der Waals surface area (Å²) in [5.74, 6) is 0. The van der Waals surface area contributed by atoms with E-state index in [4.69, 9.17) is 30.6 Å². The number of aliphatic hydroxyl groups excluding tert-OH is 6. The summed E-state index contributed by atoms with van der Waals surface area (Å²) < 4.78 is 0. The van der Waals surface area contributed by atoms with Crippen LogP contribution in [0, 0.1) is 0 Å². The Morgan fingerprint density at radius 3 is 1.15 bits per heavy atom. The zero-order valence-electron chi connectivity index (χ0n) is 7.11. The van der Waals surface area contributed by atoms with Crippen molar-refractivity contribution in [3.63, 3.8) is 0 Å². The molecule has 6 N–H and O–H groups in total. The van der Waals surface area contributed by atoms with E-state index in [1.807, 2.05) is 0 Å². The van der Waals surface area contributed by atoms with Crippen LogP contribution in [0.3, 0.4) is 0 Å². The van der Waals surface area contributed by atoms with Crippen LogP contribution in [0.2, 0.25) is 0 Å². The summed E-state index contributed by atoms with van der Waals surface area (Å²) >= 11 is 0. The molecule has 4 atom stereocenters. The summed E-state index contributed by atoms with van der Waals surface area (Å²) in [4.78, 5) is 0. The van der Waals surface area contributed by atoms with Crippen LogP contribution in [0.5, 0.6) is 0 Å². The molecule has 0 fully saturated rings. The van der Waals surface area contributed by atoms with Crippen LogP contribution in [0.15, 0.2) is 0 Å². The fraction of sp³-hybridized carbons (Fsp3) is 1.00. The third kappa shape index (κ3) is 4.51. The minimum atomic E-state index is -1.35. The Kier molecular flexibility index (Phi) is 6.13. The third-order valence-corrected chi connectivity index (χ3v) is 1.75. The van der Waals surface area contributed by atoms with Crippen molar-refractivity contribution in [3.05, 3.63) is 0 Å². The topological polar surface area (TPSA) is 121 Å². The third-order valence-electron chi connectivity index (χ3n) is 1.75. The Morgan fingerprint density at radius 2 is 0.923 bits per heavy atom. The van der Waals surface area contributed by atoms with Crippen molar-refractivity contribution in [2.24, 2.45) is 0 Å². The van der Waals surface area contributed by atoms with Crippen LogP contribution in [0.25, 0.3) is 0 Å². The Labute approximate surface area is 75.7 Å². The molecule has 0 bridgehead atoms. The van der Waals surface area contributed by atoms with Crippen molar-refractivity contribution in [1.82, 2.24) is 0 Å². The molecular weight excluding hydrogens is 180 g/mol. The van der Waals surface area contributed by atoms with Crippen molar-refractivity contribution >= 4 is 0 Å². The van der Waals surface area contributed by atoms with Crippen molar-refractivity contribution in [2.75, 3.05) is 13.2 Å². The second-order valence-electron chi connectivity index (χ2n) is 2.87. The van der Waals surface area contributed by atoms with Gasteiger partial charge in [0.2, 0.25) is 0 Å². The first-order chi connectivity index (χ1) is 6.02. The van der Waals surface area contributed by atoms with Crippen molar-refractivity contribution in [1.29, 1.82) is 0 Å². The maximum absolute atomic E-state index is 9.07. The van der Waals surface area contributed by atoms with E-state index in [0.29, 0.717) is 0 Å². The van der Waals surface area contributed by atoms with E-state index < -0.39 is 37.6 Å². The van der Waals surface area contributed by atoms with Gasteiger partial charge < -0.3 is 30.6 Å². The second kappa shape index (κ2) is 6.25. The summed E-state index contributed by atoms with van der Waals surface area (Å²) in [5, 5.41) is 52.7. The van der Waals surface area contributed by atoms with Gasteiger partial charge in [-0.1, -0.05) is 0 Å². The minimum absolute atomic E-state index is 0.302. The summed E-state index contributed by atoms with van der Waals surface area (Å²) in [7, 11) is 0. The average molecular weight is 196 g/mol. The van der Waals surface area contributed by atoms with Gasteiger partial charge in [-0.25, -0.2) is 0 Å². The zero-order chi connectivity index (χ0) is 10.4. The van der Waals surface area contributed by atoms with Gasteiger partial charge in [-0.15, -0.1) is 0 Å². The van der Waals surface area contributed by atoms with Gasteiger partial charge in [0.15, 0.2) is 0 Å². The van der Waals surface area contributed by atoms with Crippen LogP contribution in [0.1, 0.15) is 6.42 Å². The molecule has 0 spiro atoms. The predicted octanol–water partition coefficient (Wildman–Crippen LogP) is -3.20. The molecule has 0 radical (unpaired) electrons. The molecule has 6 nitrogen and oxygen atoms in total. The highest BCUT2D eigenvalue weighted by Crippen LogP contribution is 2.06. The van der Waals surface area contributed by atoms with Crippen molar-refractivity contribution in [2.45, 2.75) is 30.8 Å². The lowest BCUT2D eigenvalue weighted by Gasteiger charge is -2.21. The minimum Gasteiger partial charge on any atom is -0.394 e. The van der Waals surface area contributed by atoms with Crippen LogP contribution in [-0.2, 0) is 0 Å². The van der Waals surface area contributed by atoms with E-state index in [0.717, 1.165) is 0 Å². The largest absolute Gasteiger partial charge is 0.394 e. The first kappa shape index (κ1) is 12.8. The molecular formula is C7H16O6. The molecule has 0 aliphatic rings. The maximum Gasteiger partial charge on any atom is 0.103 e. The Morgan fingerprint density at radius 1 is 0.615 bits per heavy atom. The molecule has 4 unspecified atom stereocenters. The summed E-state index contributed by atoms with van der Waals surface area (Å²) in [6.07, 6.45) is -5.63. The van der Waals surface area contributed by atoms with Gasteiger partial charge in [0.25, 0.3) is 0 Å². The van der Waals surface area contributed by atoms with Crippen molar-refractivity contribution in [3.8, 4) is 0 Å². The van der Waals surface area contributed by atoms with Crippen LogP contribution in [0.4, 0.5) is 0 Å². The normalized spacial score (nSPS) is 20.8. The Balaban J connectivity index is 3.83. The number of rotatable bonds is 6. The van der Waals surface area contributed by atoms with Gasteiger partial charge in [-0.2, -0.15) is 0 Å². The SMILES string of the molecule is OCC(O)C(O)CC(O)C(O)CO. The van der Waals surface area contributed by atoms with Gasteiger partial charge in [-0.05, 0) is 0 Å². The Bertz CT molecular complexity index is 116. The first-order valence-corrected chi connectivity index (χ1v) is 3.96. The van der Waals surface area contributed by atoms with E-state index in [9.17, 15) is 0 Å². The van der Waals surface area contributed by atoms with Crippen molar-refractivity contribution < 1.29 is 30.6 Å². The van der Waals surface area contributed by atoms with E-state index >= 15 is 0 Å². The highest BCUT2D eigenvalue weighted by Gasteiger charge is 2.23. The van der Waals surface area contributed by atoms with Gasteiger partial charge in [0.1, 0.15) is 12.2 Å². The molecule has 0 heterocycles. The zero-order valence-corrected chi connectivity index (χ0v) is 7.11. The predicted molar refractivity (Wildman–Crippen MR) is 42.8 cm³/mol. The van der Waals surface area contributed by atoms with Crippen LogP contribution < -0.4 is 0 Å². The molecule has 0 aromatic carbocycles. The van der Waals surface area contributed by atoms with Gasteiger partial charge in [-0.3, -0.25) is 0 Å². The van der Waals surface area contributed by atoms with E-state index in [1.165, 1.54) is 0 Å². The Hall–Kier alpha value is -0.240. The van der Waals surface area contributed by atoms with Crippen LogP contribution >= 0.6 is 0 Å². The number of hydrogen-bond acceptors (Lipinski definition) is 6. The maximum atomic E-state index is 9.07. The number of aliphatic hydroxyl groups is 6. The average Bonchev–Trinajstić information content (AvgIpc) is 2.14. The van der Waals surface area contributed by atoms with Gasteiger partial charge in [0.05, 0.1) is 25.4 Å². The quantitative estimate of drug-likeness (QED) is 0.266. The molecule has 13 heavy (non-hydrogen) atoms. The second-order valence-corrected chi connectivity index (χ2v) is 2.87. The van der Waals surface area contributed by atoms with Gasteiger partial charge >= 0.3 is 0 Å². The summed E-state index contributed by atoms with van der Waals surface area (Å²) in [6.45, 7) is -1.24. The van der Waals surface area contributed by atoms with Crippen LogP contribution in [-0.4, -0.2) is 68.3 Å². The van der Waals surface area contributed by atoms with E-state index in [2.05, 4.69) is 0 Å². The lowest BCUT2D eigenvalue weighted by Crippen LogP contribution is -2.38. The molecule has 0 amide bonds. The lowest BCUT2D eigenvalue weighted by atomic mass is 10.0. The standard InChI is InChI=1S/C7H16O6/c8-2-6(12)4(10)1-5(11)7(13)3-9/h4-13H,1-3H2. The summed E-state index contributed by atoms with van der Waals surface area (Å²) in [5.41, 5.74) is 0. The fourth-order valence-corrected chi connectivity index (χ4v) is 0.805. The molecule has 6 heteroatoms. The highest BCUT2D eigenvalue weighted by molar-refractivity contribution is 4.74. The number of hydrogen-bond donors (Lipinski definition) is 6. The van der Waals surface area contributed by atoms with E-state index in [1.54, 1.807) is 0 Å². The molecule has 0 aliphatic heterocycles. The van der Waals surface area contributed by atoms with E-state index in [-0.39, 0.29) is 6.42 Å². The highest BCUT2D eigenvalue weighted by atomic mass is 16.4. The molecule has 80 valence electrons. The molecule has 0 saturated carbocycles. The lowest BCUT2D eigenvalue weighted by molar-refractivity contribution is -0.0707. The van der Waals surface area contributed by atoms with Gasteiger partial charge in [0, 0.05) is 6.42 Å².